The predicted molar refractivity (Wildman–Crippen MR) is 56.0 cm³/mol. The molecule has 0 saturated carbocycles. The van der Waals surface area contributed by atoms with Crippen LogP contribution in [0.4, 0.5) is 0 Å². The van der Waals surface area contributed by atoms with Crippen molar-refractivity contribution in [2.24, 2.45) is 0 Å². The highest BCUT2D eigenvalue weighted by Crippen LogP contribution is 2.08. The summed E-state index contributed by atoms with van der Waals surface area (Å²) in [6.07, 6.45) is 0. The lowest BCUT2D eigenvalue weighted by Gasteiger charge is -2.08. The number of benzene rings is 1. The summed E-state index contributed by atoms with van der Waals surface area (Å²) in [5, 5.41) is -0.701. The van der Waals surface area contributed by atoms with Gasteiger partial charge in [-0.25, -0.2) is 4.79 Å². The maximum Gasteiger partial charge on any atom is 0.346 e. The quantitative estimate of drug-likeness (QED) is 0.613. The van der Waals surface area contributed by atoms with E-state index in [-0.39, 0.29) is 0 Å². The zero-order valence-corrected chi connectivity index (χ0v) is 9.36. The fraction of sp³-hybridized carbons (Fsp3) is 0.300. The van der Waals surface area contributed by atoms with Crippen LogP contribution in [0.2, 0.25) is 0 Å². The van der Waals surface area contributed by atoms with Crippen LogP contribution in [-0.4, -0.2) is 18.1 Å². The molecule has 0 aliphatic rings. The van der Waals surface area contributed by atoms with Gasteiger partial charge in [-0.1, -0.05) is 30.3 Å². The standard InChI is InChI=1S/C10H11BrO3/c1-13-10(12)9(11)14-7-8-5-3-2-4-6-8/h2-6,9H,7H2,1H3. The first-order valence-corrected chi connectivity index (χ1v) is 5.03. The minimum Gasteiger partial charge on any atom is -0.466 e. The average molecular weight is 259 g/mol. The number of hydrogen-bond acceptors (Lipinski definition) is 3. The first-order chi connectivity index (χ1) is 6.74. The van der Waals surface area contributed by atoms with E-state index in [0.29, 0.717) is 6.61 Å². The van der Waals surface area contributed by atoms with E-state index in [0.717, 1.165) is 5.56 Å². The Morgan fingerprint density at radius 1 is 1.43 bits per heavy atom. The Bertz CT molecular complexity index is 287. The third kappa shape index (κ3) is 3.47. The van der Waals surface area contributed by atoms with Gasteiger partial charge in [0.15, 0.2) is 0 Å². The van der Waals surface area contributed by atoms with Crippen LogP contribution in [0.3, 0.4) is 0 Å². The van der Waals surface area contributed by atoms with E-state index in [4.69, 9.17) is 4.74 Å². The lowest BCUT2D eigenvalue weighted by atomic mass is 10.2. The van der Waals surface area contributed by atoms with Gasteiger partial charge in [0.25, 0.3) is 0 Å². The van der Waals surface area contributed by atoms with Crippen molar-refractivity contribution in [2.45, 2.75) is 11.6 Å². The van der Waals surface area contributed by atoms with Crippen molar-refractivity contribution in [1.29, 1.82) is 0 Å². The van der Waals surface area contributed by atoms with Gasteiger partial charge in [-0.2, -0.15) is 0 Å². The predicted octanol–water partition coefficient (Wildman–Crippen LogP) is 2.10. The van der Waals surface area contributed by atoms with E-state index in [9.17, 15) is 4.79 Å². The Morgan fingerprint density at radius 3 is 2.64 bits per heavy atom. The lowest BCUT2D eigenvalue weighted by molar-refractivity contribution is -0.148. The highest BCUT2D eigenvalue weighted by molar-refractivity contribution is 9.09. The molecule has 1 aromatic carbocycles. The zero-order chi connectivity index (χ0) is 10.4. The van der Waals surface area contributed by atoms with Gasteiger partial charge in [0.05, 0.1) is 13.7 Å². The van der Waals surface area contributed by atoms with E-state index in [1.807, 2.05) is 30.3 Å². The van der Waals surface area contributed by atoms with E-state index >= 15 is 0 Å². The van der Waals surface area contributed by atoms with Crippen molar-refractivity contribution in [3.63, 3.8) is 0 Å². The number of ether oxygens (including phenoxy) is 2. The smallest absolute Gasteiger partial charge is 0.346 e. The summed E-state index contributed by atoms with van der Waals surface area (Å²) in [7, 11) is 1.32. The number of halogens is 1. The number of hydrogen-bond donors (Lipinski definition) is 0. The zero-order valence-electron chi connectivity index (χ0n) is 7.77. The molecule has 4 heteroatoms. The Labute approximate surface area is 91.1 Å². The summed E-state index contributed by atoms with van der Waals surface area (Å²) in [4.78, 5) is 10.9. The minimum absolute atomic E-state index is 0.381. The Kier molecular flexibility index (Phi) is 4.62. The molecule has 0 aliphatic heterocycles. The SMILES string of the molecule is COC(=O)C(Br)OCc1ccccc1. The summed E-state index contributed by atoms with van der Waals surface area (Å²) in [6.45, 7) is 0.381. The summed E-state index contributed by atoms with van der Waals surface area (Å²) in [5.74, 6) is -0.430. The topological polar surface area (TPSA) is 35.5 Å². The first-order valence-electron chi connectivity index (χ1n) is 4.11. The lowest BCUT2D eigenvalue weighted by Crippen LogP contribution is -2.18. The molecule has 0 spiro atoms. The Morgan fingerprint density at radius 2 is 2.07 bits per heavy atom. The van der Waals surface area contributed by atoms with Gasteiger partial charge in [0.2, 0.25) is 5.01 Å². The largest absolute Gasteiger partial charge is 0.466 e. The molecule has 0 bridgehead atoms. The Hall–Kier alpha value is -0.870. The Balaban J connectivity index is 2.38. The molecule has 0 aliphatic carbocycles. The van der Waals surface area contributed by atoms with Crippen molar-refractivity contribution in [1.82, 2.24) is 0 Å². The van der Waals surface area contributed by atoms with Crippen molar-refractivity contribution in [3.8, 4) is 0 Å². The van der Waals surface area contributed by atoms with Gasteiger partial charge in [-0.15, -0.1) is 0 Å². The maximum atomic E-state index is 10.9. The van der Waals surface area contributed by atoms with Crippen LogP contribution in [0.1, 0.15) is 5.56 Å². The number of alkyl halides is 1. The van der Waals surface area contributed by atoms with Gasteiger partial charge in [0, 0.05) is 0 Å². The first kappa shape index (κ1) is 11.2. The van der Waals surface area contributed by atoms with Crippen molar-refractivity contribution < 1.29 is 14.3 Å². The van der Waals surface area contributed by atoms with Gasteiger partial charge >= 0.3 is 5.97 Å². The molecule has 0 radical (unpaired) electrons. The second kappa shape index (κ2) is 5.78. The molecule has 0 aromatic heterocycles. The van der Waals surface area contributed by atoms with Gasteiger partial charge < -0.3 is 9.47 Å². The van der Waals surface area contributed by atoms with Crippen LogP contribution >= 0.6 is 15.9 Å². The molecule has 14 heavy (non-hydrogen) atoms. The molecule has 0 fully saturated rings. The normalized spacial score (nSPS) is 12.1. The number of carbonyl (C=O) groups excluding carboxylic acids is 1. The number of esters is 1. The molecule has 0 amide bonds. The van der Waals surface area contributed by atoms with Gasteiger partial charge in [-0.3, -0.25) is 0 Å². The minimum atomic E-state index is -0.701. The van der Waals surface area contributed by atoms with Crippen molar-refractivity contribution >= 4 is 21.9 Å². The third-order valence-electron chi connectivity index (χ3n) is 1.63. The van der Waals surface area contributed by atoms with Crippen LogP contribution < -0.4 is 0 Å². The van der Waals surface area contributed by atoms with Crippen LogP contribution in [-0.2, 0) is 20.9 Å². The summed E-state index contributed by atoms with van der Waals surface area (Å²) < 4.78 is 9.71. The number of carbonyl (C=O) groups is 1. The molecule has 3 nitrogen and oxygen atoms in total. The molecule has 76 valence electrons. The fourth-order valence-corrected chi connectivity index (χ4v) is 1.22. The molecule has 1 unspecified atom stereocenters. The molecular formula is C10H11BrO3. The average Bonchev–Trinajstić information content (AvgIpc) is 2.26. The monoisotopic (exact) mass is 258 g/mol. The van der Waals surface area contributed by atoms with Gasteiger partial charge in [-0.05, 0) is 21.5 Å². The molecule has 1 atom stereocenters. The second-order valence-electron chi connectivity index (χ2n) is 2.64. The van der Waals surface area contributed by atoms with Crippen molar-refractivity contribution in [3.05, 3.63) is 35.9 Å². The highest BCUT2D eigenvalue weighted by atomic mass is 79.9. The van der Waals surface area contributed by atoms with Gasteiger partial charge in [0.1, 0.15) is 0 Å². The van der Waals surface area contributed by atoms with Crippen LogP contribution in [0.5, 0.6) is 0 Å². The maximum absolute atomic E-state index is 10.9. The summed E-state index contributed by atoms with van der Waals surface area (Å²) in [5.41, 5.74) is 1.01. The van der Waals surface area contributed by atoms with E-state index in [1.165, 1.54) is 7.11 Å². The summed E-state index contributed by atoms with van der Waals surface area (Å²) in [6, 6.07) is 9.61. The molecule has 0 heterocycles. The highest BCUT2D eigenvalue weighted by Gasteiger charge is 2.14. The van der Waals surface area contributed by atoms with Crippen LogP contribution in [0.15, 0.2) is 30.3 Å². The van der Waals surface area contributed by atoms with E-state index in [2.05, 4.69) is 20.7 Å². The van der Waals surface area contributed by atoms with Crippen LogP contribution in [0.25, 0.3) is 0 Å². The van der Waals surface area contributed by atoms with E-state index in [1.54, 1.807) is 0 Å². The number of methoxy groups -OCH3 is 1. The van der Waals surface area contributed by atoms with Crippen LogP contribution in [0, 0.1) is 0 Å². The molecule has 0 N–H and O–H groups in total. The third-order valence-corrected chi connectivity index (χ3v) is 2.26. The second-order valence-corrected chi connectivity index (χ2v) is 3.47. The van der Waals surface area contributed by atoms with E-state index < -0.39 is 11.0 Å². The summed E-state index contributed by atoms with van der Waals surface area (Å²) >= 11 is 3.06. The fourth-order valence-electron chi connectivity index (χ4n) is 0.904. The van der Waals surface area contributed by atoms with Crippen molar-refractivity contribution in [2.75, 3.05) is 7.11 Å². The molecule has 0 saturated heterocycles. The molecular weight excluding hydrogens is 248 g/mol. The molecule has 1 aromatic rings. The molecule has 1 rings (SSSR count). The number of rotatable bonds is 4.